The average Bonchev–Trinajstić information content (AvgIpc) is 2.35. The number of aryl methyl sites for hydroxylation is 2. The minimum absolute atomic E-state index is 0.173. The van der Waals surface area contributed by atoms with Crippen molar-refractivity contribution in [3.8, 4) is 0 Å². The standard InChI is InChI=1S/C14H15NO2/c1-10-8-13-11(6-7-14(16)17-2)4-3-5-12(13)9-15-10/h3-5,8-9H,6-7H2,1-2H3. The van der Waals surface area contributed by atoms with E-state index in [9.17, 15) is 4.79 Å². The van der Waals surface area contributed by atoms with Gasteiger partial charge < -0.3 is 4.74 Å². The molecule has 2 aromatic rings. The van der Waals surface area contributed by atoms with E-state index in [0.29, 0.717) is 12.8 Å². The topological polar surface area (TPSA) is 39.2 Å². The fourth-order valence-corrected chi connectivity index (χ4v) is 1.90. The lowest BCUT2D eigenvalue weighted by Crippen LogP contribution is -2.02. The van der Waals surface area contributed by atoms with E-state index in [-0.39, 0.29) is 5.97 Å². The second-order valence-electron chi connectivity index (χ2n) is 4.04. The van der Waals surface area contributed by atoms with Gasteiger partial charge in [0.15, 0.2) is 0 Å². The maximum absolute atomic E-state index is 11.2. The average molecular weight is 229 g/mol. The first-order valence-corrected chi connectivity index (χ1v) is 5.62. The van der Waals surface area contributed by atoms with Crippen molar-refractivity contribution in [3.63, 3.8) is 0 Å². The van der Waals surface area contributed by atoms with E-state index in [1.165, 1.54) is 18.1 Å². The van der Waals surface area contributed by atoms with Crippen LogP contribution in [0.25, 0.3) is 10.8 Å². The second-order valence-corrected chi connectivity index (χ2v) is 4.04. The summed E-state index contributed by atoms with van der Waals surface area (Å²) in [6.45, 7) is 1.97. The van der Waals surface area contributed by atoms with Gasteiger partial charge in [-0.15, -0.1) is 0 Å². The molecule has 0 fully saturated rings. The third-order valence-corrected chi connectivity index (χ3v) is 2.82. The number of nitrogens with zero attached hydrogens (tertiary/aromatic N) is 1. The largest absolute Gasteiger partial charge is 0.469 e. The predicted molar refractivity (Wildman–Crippen MR) is 66.8 cm³/mol. The van der Waals surface area contributed by atoms with E-state index < -0.39 is 0 Å². The van der Waals surface area contributed by atoms with Crippen LogP contribution in [0.2, 0.25) is 0 Å². The lowest BCUT2D eigenvalue weighted by Gasteiger charge is -2.06. The molecule has 0 bridgehead atoms. The smallest absolute Gasteiger partial charge is 0.305 e. The first kappa shape index (κ1) is 11.6. The van der Waals surface area contributed by atoms with Gasteiger partial charge in [0.05, 0.1) is 7.11 Å². The number of carbonyl (C=O) groups excluding carboxylic acids is 1. The second kappa shape index (κ2) is 4.95. The minimum Gasteiger partial charge on any atom is -0.469 e. The van der Waals surface area contributed by atoms with Crippen LogP contribution in [0.3, 0.4) is 0 Å². The summed E-state index contributed by atoms with van der Waals surface area (Å²) in [5.41, 5.74) is 2.15. The zero-order chi connectivity index (χ0) is 12.3. The number of aromatic nitrogens is 1. The zero-order valence-corrected chi connectivity index (χ0v) is 10.1. The molecule has 3 heteroatoms. The Hall–Kier alpha value is -1.90. The zero-order valence-electron chi connectivity index (χ0n) is 10.1. The van der Waals surface area contributed by atoms with Gasteiger partial charge in [0.25, 0.3) is 0 Å². The molecule has 0 N–H and O–H groups in total. The maximum atomic E-state index is 11.2. The van der Waals surface area contributed by atoms with E-state index in [1.807, 2.05) is 31.3 Å². The molecule has 88 valence electrons. The fourth-order valence-electron chi connectivity index (χ4n) is 1.90. The van der Waals surface area contributed by atoms with Crippen molar-refractivity contribution in [1.29, 1.82) is 0 Å². The molecular weight excluding hydrogens is 214 g/mol. The Morgan fingerprint density at radius 1 is 1.41 bits per heavy atom. The van der Waals surface area contributed by atoms with Gasteiger partial charge in [0.2, 0.25) is 0 Å². The number of rotatable bonds is 3. The number of esters is 1. The highest BCUT2D eigenvalue weighted by atomic mass is 16.5. The summed E-state index contributed by atoms with van der Waals surface area (Å²) in [5.74, 6) is -0.173. The number of hydrogen-bond acceptors (Lipinski definition) is 3. The summed E-state index contributed by atoms with van der Waals surface area (Å²) in [4.78, 5) is 15.4. The van der Waals surface area contributed by atoms with Crippen LogP contribution in [0.15, 0.2) is 30.5 Å². The lowest BCUT2D eigenvalue weighted by atomic mass is 10.0. The molecule has 2 rings (SSSR count). The lowest BCUT2D eigenvalue weighted by molar-refractivity contribution is -0.140. The van der Waals surface area contributed by atoms with Crippen LogP contribution in [0.4, 0.5) is 0 Å². The molecule has 0 aliphatic heterocycles. The first-order chi connectivity index (χ1) is 8.20. The van der Waals surface area contributed by atoms with Crippen LogP contribution in [0, 0.1) is 6.92 Å². The van der Waals surface area contributed by atoms with Crippen LogP contribution in [-0.4, -0.2) is 18.1 Å². The monoisotopic (exact) mass is 229 g/mol. The van der Waals surface area contributed by atoms with Crippen molar-refractivity contribution in [3.05, 3.63) is 41.7 Å². The third-order valence-electron chi connectivity index (χ3n) is 2.82. The van der Waals surface area contributed by atoms with Gasteiger partial charge in [-0.05, 0) is 30.4 Å². The van der Waals surface area contributed by atoms with E-state index in [4.69, 9.17) is 0 Å². The number of benzene rings is 1. The summed E-state index contributed by atoms with van der Waals surface area (Å²) < 4.78 is 4.66. The highest BCUT2D eigenvalue weighted by Gasteiger charge is 2.05. The quantitative estimate of drug-likeness (QED) is 0.759. The van der Waals surface area contributed by atoms with Crippen LogP contribution in [0.1, 0.15) is 17.7 Å². The van der Waals surface area contributed by atoms with Crippen LogP contribution in [0.5, 0.6) is 0 Å². The van der Waals surface area contributed by atoms with Gasteiger partial charge in [-0.3, -0.25) is 9.78 Å². The van der Waals surface area contributed by atoms with Crippen molar-refractivity contribution >= 4 is 16.7 Å². The van der Waals surface area contributed by atoms with E-state index >= 15 is 0 Å². The van der Waals surface area contributed by atoms with Gasteiger partial charge in [-0.2, -0.15) is 0 Å². The third kappa shape index (κ3) is 2.61. The molecule has 0 aliphatic carbocycles. The minimum atomic E-state index is -0.173. The van der Waals surface area contributed by atoms with Gasteiger partial charge in [0, 0.05) is 23.7 Å². The van der Waals surface area contributed by atoms with Gasteiger partial charge in [-0.25, -0.2) is 0 Å². The predicted octanol–water partition coefficient (Wildman–Crippen LogP) is 2.65. The maximum Gasteiger partial charge on any atom is 0.305 e. The summed E-state index contributed by atoms with van der Waals surface area (Å²) in [6.07, 6.45) is 2.98. The van der Waals surface area contributed by atoms with Gasteiger partial charge in [-0.1, -0.05) is 18.2 Å². The number of carbonyl (C=O) groups is 1. The van der Waals surface area contributed by atoms with Crippen molar-refractivity contribution < 1.29 is 9.53 Å². The first-order valence-electron chi connectivity index (χ1n) is 5.62. The molecule has 0 spiro atoms. The van der Waals surface area contributed by atoms with Gasteiger partial charge in [0.1, 0.15) is 0 Å². The highest BCUT2D eigenvalue weighted by molar-refractivity contribution is 5.85. The fraction of sp³-hybridized carbons (Fsp3) is 0.286. The molecule has 3 nitrogen and oxygen atoms in total. The molecule has 1 heterocycles. The Labute approximate surface area is 100 Å². The number of pyridine rings is 1. The van der Waals surface area contributed by atoms with Gasteiger partial charge >= 0.3 is 5.97 Å². The van der Waals surface area contributed by atoms with Crippen molar-refractivity contribution in [1.82, 2.24) is 4.98 Å². The molecule has 0 saturated carbocycles. The molecule has 1 aromatic heterocycles. The van der Waals surface area contributed by atoms with E-state index in [2.05, 4.69) is 15.8 Å². The normalized spacial score (nSPS) is 10.5. The van der Waals surface area contributed by atoms with Crippen molar-refractivity contribution in [2.24, 2.45) is 0 Å². The Morgan fingerprint density at radius 3 is 3.00 bits per heavy atom. The number of fused-ring (bicyclic) bond motifs is 1. The molecular formula is C14H15NO2. The summed E-state index contributed by atoms with van der Waals surface area (Å²) in [6, 6.07) is 8.13. The number of ether oxygens (including phenoxy) is 1. The molecule has 0 radical (unpaired) electrons. The van der Waals surface area contributed by atoms with Crippen molar-refractivity contribution in [2.75, 3.05) is 7.11 Å². The molecule has 0 saturated heterocycles. The summed E-state index contributed by atoms with van der Waals surface area (Å²) in [5, 5.41) is 2.28. The molecule has 0 aliphatic rings. The Morgan fingerprint density at radius 2 is 2.24 bits per heavy atom. The van der Waals surface area contributed by atoms with Crippen LogP contribution in [-0.2, 0) is 16.0 Å². The summed E-state index contributed by atoms with van der Waals surface area (Å²) >= 11 is 0. The Balaban J connectivity index is 2.33. The highest BCUT2D eigenvalue weighted by Crippen LogP contribution is 2.20. The SMILES string of the molecule is COC(=O)CCc1cccc2cnc(C)cc12. The molecule has 0 unspecified atom stereocenters. The van der Waals surface area contributed by atoms with E-state index in [1.54, 1.807) is 0 Å². The van der Waals surface area contributed by atoms with Crippen LogP contribution >= 0.6 is 0 Å². The van der Waals surface area contributed by atoms with Crippen LogP contribution < -0.4 is 0 Å². The molecule has 17 heavy (non-hydrogen) atoms. The number of hydrogen-bond donors (Lipinski definition) is 0. The Kier molecular flexibility index (Phi) is 3.38. The molecule has 0 atom stereocenters. The summed E-state index contributed by atoms with van der Waals surface area (Å²) in [7, 11) is 1.42. The molecule has 0 amide bonds. The Bertz CT molecular complexity index is 549. The molecule has 1 aromatic carbocycles. The number of methoxy groups -OCH3 is 1. The van der Waals surface area contributed by atoms with E-state index in [0.717, 1.165) is 11.1 Å². The van der Waals surface area contributed by atoms with Crippen molar-refractivity contribution in [2.45, 2.75) is 19.8 Å².